The van der Waals surface area contributed by atoms with Crippen LogP contribution in [0.1, 0.15) is 20.8 Å². The lowest BCUT2D eigenvalue weighted by Gasteiger charge is -2.36. The number of rotatable bonds is 3. The van der Waals surface area contributed by atoms with E-state index in [0.29, 0.717) is 31.2 Å². The van der Waals surface area contributed by atoms with E-state index >= 15 is 0 Å². The second kappa shape index (κ2) is 7.00. The number of hydrogen-bond donors (Lipinski definition) is 0. The number of fused-ring (bicyclic) bond motifs is 1. The molecule has 1 aromatic carbocycles. The number of halogens is 1. The minimum absolute atomic E-state index is 0.112. The molecule has 7 nitrogen and oxygen atoms in total. The van der Waals surface area contributed by atoms with E-state index in [-0.39, 0.29) is 23.7 Å². The van der Waals surface area contributed by atoms with Gasteiger partial charge < -0.3 is 9.80 Å². The summed E-state index contributed by atoms with van der Waals surface area (Å²) in [6.07, 6.45) is 1.46. The van der Waals surface area contributed by atoms with Gasteiger partial charge in [-0.25, -0.2) is 0 Å². The van der Waals surface area contributed by atoms with Gasteiger partial charge in [0.15, 0.2) is 0 Å². The molecule has 0 aliphatic carbocycles. The summed E-state index contributed by atoms with van der Waals surface area (Å²) in [6, 6.07) is 10.7. The molecule has 1 saturated heterocycles. The molecule has 0 spiro atoms. The number of piperazine rings is 1. The van der Waals surface area contributed by atoms with Gasteiger partial charge >= 0.3 is 0 Å². The number of amides is 3. The molecule has 3 heterocycles. The maximum absolute atomic E-state index is 12.6. The van der Waals surface area contributed by atoms with Crippen molar-refractivity contribution in [1.82, 2.24) is 14.8 Å². The van der Waals surface area contributed by atoms with Crippen LogP contribution >= 0.6 is 11.6 Å². The van der Waals surface area contributed by atoms with Crippen LogP contribution in [0.3, 0.4) is 0 Å². The highest BCUT2D eigenvalue weighted by Crippen LogP contribution is 2.22. The average Bonchev–Trinajstić information content (AvgIpc) is 2.93. The van der Waals surface area contributed by atoms with Crippen molar-refractivity contribution < 1.29 is 14.4 Å². The Bertz CT molecular complexity index is 890. The first-order valence-electron chi connectivity index (χ1n) is 8.64. The van der Waals surface area contributed by atoms with Crippen LogP contribution in [0, 0.1) is 0 Å². The minimum atomic E-state index is -0.512. The van der Waals surface area contributed by atoms with Crippen LogP contribution < -0.4 is 4.90 Å². The van der Waals surface area contributed by atoms with E-state index < -0.39 is 11.8 Å². The lowest BCUT2D eigenvalue weighted by atomic mass is 10.2. The standard InChI is InChI=1S/C19H17ClN4O3/c20-13-3-1-4-14(11-13)22-7-9-23(10-8-22)16(25)12-24-18(26)15-5-2-6-21-17(15)19(24)27/h1-6,11H,7-10,12H2. The van der Waals surface area contributed by atoms with Gasteiger partial charge in [-0.3, -0.25) is 24.3 Å². The predicted molar refractivity (Wildman–Crippen MR) is 99.8 cm³/mol. The van der Waals surface area contributed by atoms with Crippen LogP contribution in [0.15, 0.2) is 42.6 Å². The quantitative estimate of drug-likeness (QED) is 0.753. The summed E-state index contributed by atoms with van der Waals surface area (Å²) >= 11 is 6.04. The molecule has 0 atom stereocenters. The molecule has 0 unspecified atom stereocenters. The molecule has 0 N–H and O–H groups in total. The van der Waals surface area contributed by atoms with Crippen LogP contribution in [0.2, 0.25) is 5.02 Å². The number of carbonyl (C=O) groups excluding carboxylic acids is 3. The van der Waals surface area contributed by atoms with E-state index in [2.05, 4.69) is 9.88 Å². The molecule has 2 aliphatic heterocycles. The second-order valence-corrected chi connectivity index (χ2v) is 6.88. The first-order chi connectivity index (χ1) is 13.0. The van der Waals surface area contributed by atoms with Crippen molar-refractivity contribution in [3.05, 3.63) is 58.9 Å². The number of anilines is 1. The third-order valence-corrected chi connectivity index (χ3v) is 5.07. The van der Waals surface area contributed by atoms with Gasteiger partial charge in [0.25, 0.3) is 11.8 Å². The van der Waals surface area contributed by atoms with Crippen molar-refractivity contribution >= 4 is 35.0 Å². The Morgan fingerprint density at radius 1 is 1.04 bits per heavy atom. The molecular formula is C19H17ClN4O3. The number of nitrogens with zero attached hydrogens (tertiary/aromatic N) is 4. The van der Waals surface area contributed by atoms with Gasteiger partial charge in [0.05, 0.1) is 5.56 Å². The number of hydrogen-bond acceptors (Lipinski definition) is 5. The number of imide groups is 1. The summed E-state index contributed by atoms with van der Waals surface area (Å²) in [7, 11) is 0. The summed E-state index contributed by atoms with van der Waals surface area (Å²) in [6.45, 7) is 2.11. The summed E-state index contributed by atoms with van der Waals surface area (Å²) < 4.78 is 0. The molecule has 8 heteroatoms. The zero-order chi connectivity index (χ0) is 19.0. The van der Waals surface area contributed by atoms with Crippen LogP contribution in [-0.4, -0.2) is 65.2 Å². The monoisotopic (exact) mass is 384 g/mol. The van der Waals surface area contributed by atoms with E-state index in [1.807, 2.05) is 24.3 Å². The molecule has 2 aromatic rings. The Kier molecular flexibility index (Phi) is 4.53. The average molecular weight is 385 g/mol. The van der Waals surface area contributed by atoms with Crippen LogP contribution in [0.25, 0.3) is 0 Å². The molecule has 1 fully saturated rings. The summed E-state index contributed by atoms with van der Waals surface area (Å²) in [5.41, 5.74) is 1.38. The summed E-state index contributed by atoms with van der Waals surface area (Å²) in [5.74, 6) is -1.22. The maximum Gasteiger partial charge on any atom is 0.280 e. The lowest BCUT2D eigenvalue weighted by Crippen LogP contribution is -2.51. The first kappa shape index (κ1) is 17.5. The Morgan fingerprint density at radius 2 is 1.81 bits per heavy atom. The molecule has 4 rings (SSSR count). The topological polar surface area (TPSA) is 73.8 Å². The normalized spacial score (nSPS) is 16.7. The summed E-state index contributed by atoms with van der Waals surface area (Å²) in [5, 5.41) is 0.672. The third-order valence-electron chi connectivity index (χ3n) is 4.83. The number of pyridine rings is 1. The largest absolute Gasteiger partial charge is 0.368 e. The van der Waals surface area contributed by atoms with Crippen molar-refractivity contribution in [1.29, 1.82) is 0 Å². The molecule has 0 saturated carbocycles. The number of carbonyl (C=O) groups is 3. The van der Waals surface area contributed by atoms with E-state index in [4.69, 9.17) is 11.6 Å². The van der Waals surface area contributed by atoms with E-state index in [1.165, 1.54) is 6.20 Å². The van der Waals surface area contributed by atoms with Gasteiger partial charge in [-0.1, -0.05) is 17.7 Å². The summed E-state index contributed by atoms with van der Waals surface area (Å²) in [4.78, 5) is 46.1. The van der Waals surface area contributed by atoms with Gasteiger partial charge in [0.1, 0.15) is 12.2 Å². The Morgan fingerprint density at radius 3 is 2.52 bits per heavy atom. The van der Waals surface area contributed by atoms with Crippen LogP contribution in [0.4, 0.5) is 5.69 Å². The minimum Gasteiger partial charge on any atom is -0.368 e. The third kappa shape index (κ3) is 3.26. The number of aromatic nitrogens is 1. The SMILES string of the molecule is O=C(CN1C(=O)c2cccnc2C1=O)N1CCN(c2cccc(Cl)c2)CC1. The van der Waals surface area contributed by atoms with E-state index in [9.17, 15) is 14.4 Å². The molecule has 1 aromatic heterocycles. The van der Waals surface area contributed by atoms with Crippen molar-refractivity contribution in [3.8, 4) is 0 Å². The van der Waals surface area contributed by atoms with Gasteiger partial charge in [0.2, 0.25) is 5.91 Å². The van der Waals surface area contributed by atoms with Crippen molar-refractivity contribution in [2.45, 2.75) is 0 Å². The Labute approximate surface area is 161 Å². The zero-order valence-electron chi connectivity index (χ0n) is 14.5. The van der Waals surface area contributed by atoms with Crippen LogP contribution in [0.5, 0.6) is 0 Å². The van der Waals surface area contributed by atoms with Gasteiger partial charge in [-0.05, 0) is 30.3 Å². The Balaban J connectivity index is 1.38. The Hall–Kier alpha value is -2.93. The smallest absolute Gasteiger partial charge is 0.280 e. The zero-order valence-corrected chi connectivity index (χ0v) is 15.2. The molecule has 138 valence electrons. The molecule has 0 bridgehead atoms. The second-order valence-electron chi connectivity index (χ2n) is 6.44. The van der Waals surface area contributed by atoms with Crippen LogP contribution in [-0.2, 0) is 4.79 Å². The fourth-order valence-corrected chi connectivity index (χ4v) is 3.56. The highest BCUT2D eigenvalue weighted by atomic mass is 35.5. The molecule has 3 amide bonds. The van der Waals surface area contributed by atoms with Crippen molar-refractivity contribution in [2.24, 2.45) is 0 Å². The number of benzene rings is 1. The fraction of sp³-hybridized carbons (Fsp3) is 0.263. The lowest BCUT2D eigenvalue weighted by molar-refractivity contribution is -0.131. The predicted octanol–water partition coefficient (Wildman–Crippen LogP) is 1.68. The van der Waals surface area contributed by atoms with E-state index in [0.717, 1.165) is 10.6 Å². The van der Waals surface area contributed by atoms with E-state index in [1.54, 1.807) is 17.0 Å². The van der Waals surface area contributed by atoms with Gasteiger partial charge in [-0.2, -0.15) is 0 Å². The fourth-order valence-electron chi connectivity index (χ4n) is 3.38. The van der Waals surface area contributed by atoms with Gasteiger partial charge in [-0.15, -0.1) is 0 Å². The van der Waals surface area contributed by atoms with Gasteiger partial charge in [0, 0.05) is 43.1 Å². The molecule has 0 radical (unpaired) electrons. The molecule has 27 heavy (non-hydrogen) atoms. The highest BCUT2D eigenvalue weighted by molar-refractivity contribution is 6.30. The first-order valence-corrected chi connectivity index (χ1v) is 9.02. The molecule has 2 aliphatic rings. The van der Waals surface area contributed by atoms with Crippen molar-refractivity contribution in [2.75, 3.05) is 37.6 Å². The molecular weight excluding hydrogens is 368 g/mol. The highest BCUT2D eigenvalue weighted by Gasteiger charge is 2.38. The van der Waals surface area contributed by atoms with Crippen molar-refractivity contribution in [3.63, 3.8) is 0 Å². The maximum atomic E-state index is 12.6.